The smallest absolute Gasteiger partial charge is 0.146 e. The van der Waals surface area contributed by atoms with Crippen molar-refractivity contribution in [2.45, 2.75) is 13.2 Å². The number of fused-ring (bicyclic) bond motifs is 1. The summed E-state index contributed by atoms with van der Waals surface area (Å²) in [6, 6.07) is 15.4. The van der Waals surface area contributed by atoms with Crippen molar-refractivity contribution in [2.24, 2.45) is 5.73 Å². The van der Waals surface area contributed by atoms with Gasteiger partial charge in [0.1, 0.15) is 29.4 Å². The van der Waals surface area contributed by atoms with Crippen molar-refractivity contribution in [3.63, 3.8) is 0 Å². The van der Waals surface area contributed by atoms with Gasteiger partial charge < -0.3 is 19.6 Å². The van der Waals surface area contributed by atoms with Crippen LogP contribution in [0.2, 0.25) is 0 Å². The van der Waals surface area contributed by atoms with Crippen LogP contribution in [0.15, 0.2) is 52.9 Å². The monoisotopic (exact) mass is 283 g/mol. The first-order valence-electron chi connectivity index (χ1n) is 6.77. The quantitative estimate of drug-likeness (QED) is 0.779. The van der Waals surface area contributed by atoms with Crippen molar-refractivity contribution < 1.29 is 13.9 Å². The molecule has 1 heterocycles. The molecule has 0 saturated heterocycles. The lowest BCUT2D eigenvalue weighted by molar-refractivity contribution is 0.273. The van der Waals surface area contributed by atoms with Gasteiger partial charge in [-0.1, -0.05) is 12.1 Å². The van der Waals surface area contributed by atoms with Crippen LogP contribution in [0.3, 0.4) is 0 Å². The molecule has 1 aromatic heterocycles. The molecule has 2 N–H and O–H groups in total. The summed E-state index contributed by atoms with van der Waals surface area (Å²) in [7, 11) is 1.63. The third-order valence-electron chi connectivity index (χ3n) is 3.29. The fourth-order valence-electron chi connectivity index (χ4n) is 2.19. The predicted molar refractivity (Wildman–Crippen MR) is 81.4 cm³/mol. The van der Waals surface area contributed by atoms with Crippen LogP contribution in [0.25, 0.3) is 11.0 Å². The van der Waals surface area contributed by atoms with Crippen LogP contribution in [0.4, 0.5) is 0 Å². The molecule has 21 heavy (non-hydrogen) atoms. The lowest BCUT2D eigenvalue weighted by Crippen LogP contribution is -1.94. The number of benzene rings is 2. The molecule has 0 fully saturated rings. The number of rotatable bonds is 5. The lowest BCUT2D eigenvalue weighted by Gasteiger charge is -2.05. The number of methoxy groups -OCH3 is 1. The molecule has 0 radical (unpaired) electrons. The Kier molecular flexibility index (Phi) is 3.79. The first kappa shape index (κ1) is 13.5. The van der Waals surface area contributed by atoms with Gasteiger partial charge in [-0.2, -0.15) is 0 Å². The van der Waals surface area contributed by atoms with Crippen molar-refractivity contribution in [1.29, 1.82) is 0 Å². The largest absolute Gasteiger partial charge is 0.497 e. The van der Waals surface area contributed by atoms with Gasteiger partial charge in [-0.25, -0.2) is 0 Å². The Morgan fingerprint density at radius 3 is 2.71 bits per heavy atom. The highest BCUT2D eigenvalue weighted by Crippen LogP contribution is 2.23. The normalized spacial score (nSPS) is 10.8. The zero-order valence-corrected chi connectivity index (χ0v) is 11.8. The van der Waals surface area contributed by atoms with Gasteiger partial charge >= 0.3 is 0 Å². The van der Waals surface area contributed by atoms with E-state index in [1.54, 1.807) is 7.11 Å². The highest BCUT2D eigenvalue weighted by Gasteiger charge is 2.06. The van der Waals surface area contributed by atoms with Crippen LogP contribution < -0.4 is 15.2 Å². The van der Waals surface area contributed by atoms with Gasteiger partial charge in [0.25, 0.3) is 0 Å². The summed E-state index contributed by atoms with van der Waals surface area (Å²) in [6.45, 7) is 0.899. The first-order chi connectivity index (χ1) is 10.3. The average molecular weight is 283 g/mol. The third-order valence-corrected chi connectivity index (χ3v) is 3.29. The number of hydrogen-bond acceptors (Lipinski definition) is 4. The summed E-state index contributed by atoms with van der Waals surface area (Å²) in [5.41, 5.74) is 7.57. The van der Waals surface area contributed by atoms with Crippen LogP contribution in [-0.2, 0) is 13.2 Å². The molecule has 4 nitrogen and oxygen atoms in total. The van der Waals surface area contributed by atoms with Gasteiger partial charge in [0, 0.05) is 18.0 Å². The Hall–Kier alpha value is -2.46. The maximum atomic E-state index is 5.75. The van der Waals surface area contributed by atoms with Crippen molar-refractivity contribution in [2.75, 3.05) is 7.11 Å². The van der Waals surface area contributed by atoms with E-state index < -0.39 is 0 Å². The Balaban J connectivity index is 1.75. The van der Waals surface area contributed by atoms with E-state index in [1.807, 2.05) is 48.5 Å². The highest BCUT2D eigenvalue weighted by molar-refractivity contribution is 5.78. The van der Waals surface area contributed by atoms with E-state index in [2.05, 4.69) is 0 Å². The molecule has 0 spiro atoms. The minimum absolute atomic E-state index is 0.375. The van der Waals surface area contributed by atoms with Gasteiger partial charge in [0.15, 0.2) is 0 Å². The minimum Gasteiger partial charge on any atom is -0.497 e. The standard InChI is InChI=1S/C17H17NO3/c1-19-14-3-2-4-15(9-14)20-11-16-8-13-7-12(10-18)5-6-17(13)21-16/h2-9H,10-11,18H2,1H3. The summed E-state index contributed by atoms with van der Waals surface area (Å²) in [5, 5.41) is 1.04. The molecule has 0 aliphatic heterocycles. The van der Waals surface area contributed by atoms with Gasteiger partial charge in [-0.05, 0) is 35.9 Å². The zero-order valence-electron chi connectivity index (χ0n) is 11.8. The second kappa shape index (κ2) is 5.89. The summed E-state index contributed by atoms with van der Waals surface area (Å²) < 4.78 is 16.6. The molecule has 0 atom stereocenters. The number of hydrogen-bond donors (Lipinski definition) is 1. The number of ether oxygens (including phenoxy) is 2. The van der Waals surface area contributed by atoms with Crippen LogP contribution >= 0.6 is 0 Å². The lowest BCUT2D eigenvalue weighted by atomic mass is 10.1. The third kappa shape index (κ3) is 3.01. The molecule has 0 saturated carbocycles. The number of nitrogens with two attached hydrogens (primary N) is 1. The molecular weight excluding hydrogens is 266 g/mol. The highest BCUT2D eigenvalue weighted by atomic mass is 16.5. The average Bonchev–Trinajstić information content (AvgIpc) is 2.95. The van der Waals surface area contributed by atoms with E-state index in [-0.39, 0.29) is 0 Å². The van der Waals surface area contributed by atoms with Gasteiger partial charge in [0.2, 0.25) is 0 Å². The second-order valence-electron chi connectivity index (χ2n) is 4.76. The first-order valence-corrected chi connectivity index (χ1v) is 6.77. The Morgan fingerprint density at radius 1 is 1.05 bits per heavy atom. The molecule has 3 rings (SSSR count). The molecule has 0 bridgehead atoms. The Labute approximate surface area is 123 Å². The molecule has 0 aliphatic rings. The van der Waals surface area contributed by atoms with Crippen molar-refractivity contribution in [1.82, 2.24) is 0 Å². The molecular formula is C17H17NO3. The van der Waals surface area contributed by atoms with E-state index in [4.69, 9.17) is 19.6 Å². The summed E-state index contributed by atoms with van der Waals surface area (Å²) >= 11 is 0. The second-order valence-corrected chi connectivity index (χ2v) is 4.76. The van der Waals surface area contributed by atoms with Crippen LogP contribution in [0.5, 0.6) is 11.5 Å². The van der Waals surface area contributed by atoms with E-state index in [0.717, 1.165) is 33.8 Å². The topological polar surface area (TPSA) is 57.6 Å². The minimum atomic E-state index is 0.375. The molecule has 3 aromatic rings. The number of furan rings is 1. The van der Waals surface area contributed by atoms with Crippen molar-refractivity contribution in [3.8, 4) is 11.5 Å². The van der Waals surface area contributed by atoms with E-state index in [0.29, 0.717) is 13.2 Å². The van der Waals surface area contributed by atoms with Gasteiger partial charge in [0.05, 0.1) is 7.11 Å². The van der Waals surface area contributed by atoms with E-state index in [1.165, 1.54) is 0 Å². The molecule has 108 valence electrons. The summed E-state index contributed by atoms with van der Waals surface area (Å²) in [4.78, 5) is 0. The Morgan fingerprint density at radius 2 is 1.90 bits per heavy atom. The van der Waals surface area contributed by atoms with E-state index in [9.17, 15) is 0 Å². The van der Waals surface area contributed by atoms with Crippen molar-refractivity contribution >= 4 is 11.0 Å². The summed E-state index contributed by atoms with van der Waals surface area (Å²) in [6.07, 6.45) is 0. The van der Waals surface area contributed by atoms with Gasteiger partial charge in [-0.15, -0.1) is 0 Å². The molecule has 2 aromatic carbocycles. The van der Waals surface area contributed by atoms with Crippen molar-refractivity contribution in [3.05, 3.63) is 59.9 Å². The summed E-state index contributed by atoms with van der Waals surface area (Å²) in [5.74, 6) is 2.30. The molecule has 4 heteroatoms. The fourth-order valence-corrected chi connectivity index (χ4v) is 2.19. The van der Waals surface area contributed by atoms with E-state index >= 15 is 0 Å². The zero-order chi connectivity index (χ0) is 14.7. The molecule has 0 unspecified atom stereocenters. The fraction of sp³-hybridized carbons (Fsp3) is 0.176. The van der Waals surface area contributed by atoms with Crippen LogP contribution in [0.1, 0.15) is 11.3 Å². The maximum absolute atomic E-state index is 5.75. The van der Waals surface area contributed by atoms with Gasteiger partial charge in [-0.3, -0.25) is 0 Å². The SMILES string of the molecule is COc1cccc(OCc2cc3cc(CN)ccc3o2)c1. The predicted octanol–water partition coefficient (Wildman–Crippen LogP) is 3.48. The van der Waals surface area contributed by atoms with Crippen LogP contribution in [-0.4, -0.2) is 7.11 Å². The molecule has 0 amide bonds. The van der Waals surface area contributed by atoms with Crippen LogP contribution in [0, 0.1) is 0 Å². The molecule has 0 aliphatic carbocycles. The maximum Gasteiger partial charge on any atom is 0.146 e. The Bertz CT molecular complexity index is 749.